The van der Waals surface area contributed by atoms with Crippen LogP contribution in [-0.2, 0) is 4.74 Å². The zero-order valence-corrected chi connectivity index (χ0v) is 11.3. The topological polar surface area (TPSA) is 49.8 Å². The Hall–Kier alpha value is -0.130. The van der Waals surface area contributed by atoms with Gasteiger partial charge in [-0.05, 0) is 20.8 Å². The Morgan fingerprint density at radius 2 is 2.31 bits per heavy atom. The van der Waals surface area contributed by atoms with Gasteiger partial charge in [-0.3, -0.25) is 4.90 Å². The Kier molecular flexibility index (Phi) is 4.76. The first kappa shape index (κ1) is 13.9. The number of carbonyl (C=O) groups excluding carboxylic acids is 1. The number of amides is 1. The molecule has 1 amide bonds. The summed E-state index contributed by atoms with van der Waals surface area (Å²) in [4.78, 5) is 13.4. The predicted molar refractivity (Wildman–Crippen MR) is 65.9 cm³/mol. The molecule has 1 N–H and O–H groups in total. The first-order chi connectivity index (χ1) is 7.35. The summed E-state index contributed by atoms with van der Waals surface area (Å²) in [5.41, 5.74) is -0.513. The fourth-order valence-electron chi connectivity index (χ4n) is 1.39. The van der Waals surface area contributed by atoms with Crippen LogP contribution < -0.4 is 0 Å². The lowest BCUT2D eigenvalue weighted by molar-refractivity contribution is 0.0103. The van der Waals surface area contributed by atoms with Gasteiger partial charge in [-0.2, -0.15) is 0 Å². The van der Waals surface area contributed by atoms with Gasteiger partial charge >= 0.3 is 6.09 Å². The summed E-state index contributed by atoms with van der Waals surface area (Å²) in [6.45, 7) is 5.46. The maximum Gasteiger partial charge on any atom is 0.411 e. The molecule has 0 spiro atoms. The summed E-state index contributed by atoms with van der Waals surface area (Å²) >= 11 is 7.19. The van der Waals surface area contributed by atoms with E-state index in [1.807, 2.05) is 20.8 Å². The number of aliphatic hydroxyl groups is 1. The van der Waals surface area contributed by atoms with E-state index >= 15 is 0 Å². The number of hydrogen-bond acceptors (Lipinski definition) is 4. The van der Waals surface area contributed by atoms with E-state index in [0.717, 1.165) is 0 Å². The van der Waals surface area contributed by atoms with E-state index in [2.05, 4.69) is 0 Å². The highest BCUT2D eigenvalue weighted by molar-refractivity contribution is 7.99. The maximum atomic E-state index is 11.8. The molecule has 4 nitrogen and oxygen atoms in total. The molecule has 0 aliphatic carbocycles. The van der Waals surface area contributed by atoms with Crippen molar-refractivity contribution in [3.05, 3.63) is 0 Å². The molecular formula is C10H18ClNO3S. The van der Waals surface area contributed by atoms with Crippen LogP contribution in [0, 0.1) is 0 Å². The quantitative estimate of drug-likeness (QED) is 0.777. The summed E-state index contributed by atoms with van der Waals surface area (Å²) in [5, 5.41) is 9.68. The smallest absolute Gasteiger partial charge is 0.411 e. The Morgan fingerprint density at radius 1 is 1.69 bits per heavy atom. The van der Waals surface area contributed by atoms with Crippen LogP contribution >= 0.6 is 23.4 Å². The second-order valence-electron chi connectivity index (χ2n) is 4.74. The average molecular weight is 268 g/mol. The monoisotopic (exact) mass is 267 g/mol. The summed E-state index contributed by atoms with van der Waals surface area (Å²) in [7, 11) is 0. The maximum absolute atomic E-state index is 11.8. The van der Waals surface area contributed by atoms with Gasteiger partial charge in [-0.1, -0.05) is 0 Å². The second-order valence-corrected chi connectivity index (χ2v) is 6.05. The van der Waals surface area contributed by atoms with E-state index in [9.17, 15) is 9.90 Å². The number of aliphatic hydroxyl groups excluding tert-OH is 1. The van der Waals surface area contributed by atoms with Crippen LogP contribution in [0.5, 0.6) is 0 Å². The second kappa shape index (κ2) is 5.47. The van der Waals surface area contributed by atoms with Crippen LogP contribution in [0.4, 0.5) is 4.79 Å². The fraction of sp³-hybridized carbons (Fsp3) is 0.900. The molecular weight excluding hydrogens is 250 g/mol. The largest absolute Gasteiger partial charge is 0.444 e. The van der Waals surface area contributed by atoms with Crippen LogP contribution in [0.3, 0.4) is 0 Å². The zero-order chi connectivity index (χ0) is 12.3. The molecule has 0 saturated carbocycles. The van der Waals surface area contributed by atoms with Crippen molar-refractivity contribution in [2.24, 2.45) is 0 Å². The van der Waals surface area contributed by atoms with Crippen molar-refractivity contribution in [3.8, 4) is 0 Å². The molecule has 1 fully saturated rings. The standard InChI is InChI=1S/C10H18ClNO3S/c1-10(2,3)15-9(14)12-6-16-5-7(12)8(13)4-11/h7-8,13H,4-6H2,1-3H3. The first-order valence-electron chi connectivity index (χ1n) is 5.16. The molecule has 1 rings (SSSR count). The summed E-state index contributed by atoms with van der Waals surface area (Å²) in [6.07, 6.45) is -1.07. The molecule has 0 radical (unpaired) electrons. The van der Waals surface area contributed by atoms with Gasteiger partial charge in [0, 0.05) is 5.75 Å². The van der Waals surface area contributed by atoms with E-state index < -0.39 is 11.7 Å². The third kappa shape index (κ3) is 3.71. The van der Waals surface area contributed by atoms with Gasteiger partial charge in [0.2, 0.25) is 0 Å². The van der Waals surface area contributed by atoms with Gasteiger partial charge < -0.3 is 9.84 Å². The Labute approximate surface area is 105 Å². The molecule has 1 aliphatic rings. The minimum Gasteiger partial charge on any atom is -0.444 e. The molecule has 1 heterocycles. The molecule has 6 heteroatoms. The molecule has 0 bridgehead atoms. The summed E-state index contributed by atoms with van der Waals surface area (Å²) in [6, 6.07) is -0.239. The number of hydrogen-bond donors (Lipinski definition) is 1. The lowest BCUT2D eigenvalue weighted by atomic mass is 10.2. The van der Waals surface area contributed by atoms with E-state index in [4.69, 9.17) is 16.3 Å². The lowest BCUT2D eigenvalue weighted by Gasteiger charge is -2.29. The molecule has 1 saturated heterocycles. The van der Waals surface area contributed by atoms with Gasteiger partial charge in [0.05, 0.1) is 23.9 Å². The van der Waals surface area contributed by atoms with Crippen LogP contribution in [0.2, 0.25) is 0 Å². The number of ether oxygens (including phenoxy) is 1. The molecule has 16 heavy (non-hydrogen) atoms. The molecule has 1 aliphatic heterocycles. The van der Waals surface area contributed by atoms with Crippen molar-refractivity contribution in [1.82, 2.24) is 4.90 Å². The molecule has 0 aromatic heterocycles. The average Bonchev–Trinajstić information content (AvgIpc) is 2.62. The van der Waals surface area contributed by atoms with Crippen LogP contribution in [0.25, 0.3) is 0 Å². The number of halogens is 1. The third-order valence-electron chi connectivity index (χ3n) is 2.15. The highest BCUT2D eigenvalue weighted by Crippen LogP contribution is 2.25. The number of rotatable bonds is 2. The third-order valence-corrected chi connectivity index (χ3v) is 3.50. The zero-order valence-electron chi connectivity index (χ0n) is 9.77. The van der Waals surface area contributed by atoms with Crippen LogP contribution in [-0.4, -0.2) is 51.4 Å². The highest BCUT2D eigenvalue weighted by Gasteiger charge is 2.36. The Bertz CT molecular complexity index is 257. The van der Waals surface area contributed by atoms with Gasteiger partial charge in [0.15, 0.2) is 0 Å². The number of alkyl halides is 1. The fourth-order valence-corrected chi connectivity index (χ4v) is 2.84. The van der Waals surface area contributed by atoms with Crippen molar-refractivity contribution in [3.63, 3.8) is 0 Å². The number of nitrogens with zero attached hydrogens (tertiary/aromatic N) is 1. The van der Waals surface area contributed by atoms with Gasteiger partial charge in [-0.25, -0.2) is 4.79 Å². The van der Waals surface area contributed by atoms with Gasteiger partial charge in [-0.15, -0.1) is 23.4 Å². The van der Waals surface area contributed by atoms with E-state index in [1.54, 1.807) is 16.7 Å². The van der Waals surface area contributed by atoms with Crippen LogP contribution in [0.15, 0.2) is 0 Å². The molecule has 2 atom stereocenters. The number of thioether (sulfide) groups is 1. The Morgan fingerprint density at radius 3 is 2.81 bits per heavy atom. The number of carbonyl (C=O) groups is 1. The summed E-state index contributed by atoms with van der Waals surface area (Å²) in [5.74, 6) is 1.38. The minimum atomic E-state index is -0.691. The van der Waals surface area contributed by atoms with Crippen molar-refractivity contribution >= 4 is 29.5 Å². The van der Waals surface area contributed by atoms with E-state index in [1.165, 1.54) is 0 Å². The first-order valence-corrected chi connectivity index (χ1v) is 6.85. The normalized spacial score (nSPS) is 23.3. The lowest BCUT2D eigenvalue weighted by Crippen LogP contribution is -2.46. The minimum absolute atomic E-state index is 0.129. The SMILES string of the molecule is CC(C)(C)OC(=O)N1CSCC1C(O)CCl. The van der Waals surface area contributed by atoms with Crippen molar-refractivity contribution in [2.75, 3.05) is 17.5 Å². The van der Waals surface area contributed by atoms with Gasteiger partial charge in [0.1, 0.15) is 5.60 Å². The Balaban J connectivity index is 2.61. The van der Waals surface area contributed by atoms with E-state index in [-0.39, 0.29) is 18.0 Å². The van der Waals surface area contributed by atoms with E-state index in [0.29, 0.717) is 11.6 Å². The van der Waals surface area contributed by atoms with Crippen molar-refractivity contribution < 1.29 is 14.6 Å². The van der Waals surface area contributed by atoms with Crippen LogP contribution in [0.1, 0.15) is 20.8 Å². The molecule has 94 valence electrons. The van der Waals surface area contributed by atoms with Crippen molar-refractivity contribution in [1.29, 1.82) is 0 Å². The highest BCUT2D eigenvalue weighted by atomic mass is 35.5. The summed E-state index contributed by atoms with van der Waals surface area (Å²) < 4.78 is 5.27. The molecule has 0 aromatic rings. The molecule has 0 aromatic carbocycles. The molecule has 2 unspecified atom stereocenters. The van der Waals surface area contributed by atoms with Crippen molar-refractivity contribution in [2.45, 2.75) is 38.5 Å². The van der Waals surface area contributed by atoms with Gasteiger partial charge in [0.25, 0.3) is 0 Å². The predicted octanol–water partition coefficient (Wildman–Crippen LogP) is 1.90.